The molecule has 0 amide bonds. The van der Waals surface area contributed by atoms with Gasteiger partial charge in [-0.05, 0) is 6.92 Å². The quantitative estimate of drug-likeness (QED) is 0.340. The summed E-state index contributed by atoms with van der Waals surface area (Å²) in [5, 5.41) is 7.83. The molecule has 0 saturated carbocycles. The van der Waals surface area contributed by atoms with E-state index in [2.05, 4.69) is 5.73 Å². The van der Waals surface area contributed by atoms with Gasteiger partial charge in [-0.15, -0.1) is 0 Å². The Morgan fingerprint density at radius 3 is 1.80 bits per heavy atom. The van der Waals surface area contributed by atoms with Crippen molar-refractivity contribution in [1.29, 1.82) is 0 Å². The molecule has 0 aliphatic rings. The Kier molecular flexibility index (Phi) is 6.87. The first-order valence-electron chi connectivity index (χ1n) is 1.17. The van der Waals surface area contributed by atoms with E-state index in [9.17, 15) is 0 Å². The van der Waals surface area contributed by atoms with E-state index in [4.69, 9.17) is 5.11 Å². The predicted molar refractivity (Wildman–Crippen MR) is 20.9 cm³/mol. The number of rotatable bonds is 0. The molecule has 0 heterocycles. The molecule has 34 valence electrons. The highest BCUT2D eigenvalue weighted by molar-refractivity contribution is 4.16. The van der Waals surface area contributed by atoms with E-state index in [-0.39, 0.29) is 6.15 Å². The molecule has 0 bridgehead atoms. The molecule has 0 saturated heterocycles. The zero-order valence-electron chi connectivity index (χ0n) is 3.31. The molecular formula is C2H10N2O. The number of hydrogen-bond donors (Lipinski definition) is 3. The molecule has 0 fully saturated rings. The van der Waals surface area contributed by atoms with Crippen LogP contribution in [0.2, 0.25) is 0 Å². The third kappa shape index (κ3) is 952. The second-order valence-electron chi connectivity index (χ2n) is 0.741. The average Bonchev–Trinajstić information content (AvgIpc) is 0.811. The van der Waals surface area contributed by atoms with Crippen LogP contribution in [0.5, 0.6) is 0 Å². The van der Waals surface area contributed by atoms with Gasteiger partial charge >= 0.3 is 0 Å². The highest BCUT2D eigenvalue weighted by atomic mass is 16.3. The van der Waals surface area contributed by atoms with Crippen LogP contribution in [0.1, 0.15) is 6.92 Å². The number of nitrogens with two attached hydrogens (primary N) is 1. The minimum absolute atomic E-state index is 0. The molecule has 1 unspecified atom stereocenters. The van der Waals surface area contributed by atoms with E-state index in [1.807, 2.05) is 0 Å². The standard InChI is InChI=1S/C2H7NO.H3N/c1-2(3)4;/h2,4H,3H2,1H3;1H3. The smallest absolute Gasteiger partial charge is 0.0991 e. The van der Waals surface area contributed by atoms with E-state index in [1.165, 1.54) is 6.92 Å². The van der Waals surface area contributed by atoms with Crippen LogP contribution in [0.3, 0.4) is 0 Å². The molecule has 1 atom stereocenters. The summed E-state index contributed by atoms with van der Waals surface area (Å²) in [6.07, 6.45) is -0.667. The van der Waals surface area contributed by atoms with E-state index < -0.39 is 6.23 Å². The van der Waals surface area contributed by atoms with Crippen LogP contribution in [-0.2, 0) is 0 Å². The summed E-state index contributed by atoms with van der Waals surface area (Å²) >= 11 is 0. The Balaban J connectivity index is 0. The van der Waals surface area contributed by atoms with Gasteiger partial charge in [0.05, 0.1) is 6.23 Å². The summed E-state index contributed by atoms with van der Waals surface area (Å²) in [7, 11) is 0. The van der Waals surface area contributed by atoms with Gasteiger partial charge in [0, 0.05) is 0 Å². The molecule has 0 aliphatic heterocycles. The summed E-state index contributed by atoms with van der Waals surface area (Å²) in [5.74, 6) is 0. The van der Waals surface area contributed by atoms with E-state index in [0.717, 1.165) is 0 Å². The first-order chi connectivity index (χ1) is 1.73. The van der Waals surface area contributed by atoms with Crippen LogP contribution in [-0.4, -0.2) is 11.3 Å². The lowest BCUT2D eigenvalue weighted by molar-refractivity contribution is 0.203. The summed E-state index contributed by atoms with van der Waals surface area (Å²) in [4.78, 5) is 0. The lowest BCUT2D eigenvalue weighted by atomic mass is 10.7. The van der Waals surface area contributed by atoms with Crippen molar-refractivity contribution < 1.29 is 5.11 Å². The van der Waals surface area contributed by atoms with Crippen molar-refractivity contribution in [3.63, 3.8) is 0 Å². The molecule has 3 heteroatoms. The Labute approximate surface area is 31.4 Å². The second-order valence-corrected chi connectivity index (χ2v) is 0.741. The maximum atomic E-state index is 7.83. The SMILES string of the molecule is CC(N)O.N. The van der Waals surface area contributed by atoms with Crippen molar-refractivity contribution in [1.82, 2.24) is 6.15 Å². The molecule has 6 N–H and O–H groups in total. The maximum Gasteiger partial charge on any atom is 0.0991 e. The van der Waals surface area contributed by atoms with Gasteiger partial charge in [-0.3, -0.25) is 0 Å². The molecule has 0 aromatic carbocycles. The number of hydrogen-bond acceptors (Lipinski definition) is 3. The van der Waals surface area contributed by atoms with Crippen LogP contribution in [0.15, 0.2) is 0 Å². The minimum atomic E-state index is -0.667. The third-order valence-corrected chi connectivity index (χ3v) is 0. The molecule has 3 nitrogen and oxygen atoms in total. The van der Waals surface area contributed by atoms with Crippen LogP contribution < -0.4 is 11.9 Å². The molecule has 0 rings (SSSR count). The van der Waals surface area contributed by atoms with Gasteiger partial charge in [-0.1, -0.05) is 0 Å². The fourth-order valence-electron chi connectivity index (χ4n) is 0. The topological polar surface area (TPSA) is 81.2 Å². The lowest BCUT2D eigenvalue weighted by Crippen LogP contribution is -2.11. The van der Waals surface area contributed by atoms with Gasteiger partial charge in [0.1, 0.15) is 0 Å². The third-order valence-electron chi connectivity index (χ3n) is 0. The van der Waals surface area contributed by atoms with Gasteiger partial charge < -0.3 is 17.0 Å². The van der Waals surface area contributed by atoms with Crippen molar-refractivity contribution in [2.75, 3.05) is 0 Å². The van der Waals surface area contributed by atoms with Gasteiger partial charge in [0.2, 0.25) is 0 Å². The molecule has 0 aromatic heterocycles. The molecule has 0 spiro atoms. The fraction of sp³-hybridized carbons (Fsp3) is 1.00. The van der Waals surface area contributed by atoms with E-state index in [0.29, 0.717) is 0 Å². The lowest BCUT2D eigenvalue weighted by Gasteiger charge is -1.82. The molecular weight excluding hydrogens is 68.0 g/mol. The second kappa shape index (κ2) is 3.88. The highest BCUT2D eigenvalue weighted by Crippen LogP contribution is 1.50. The van der Waals surface area contributed by atoms with Gasteiger partial charge in [0.25, 0.3) is 0 Å². The monoisotopic (exact) mass is 78.1 g/mol. The maximum absolute atomic E-state index is 7.83. The Bertz CT molecular complexity index is 12.4. The molecule has 0 aromatic rings. The van der Waals surface area contributed by atoms with Crippen molar-refractivity contribution in [3.05, 3.63) is 0 Å². The van der Waals surface area contributed by atoms with Gasteiger partial charge in [0.15, 0.2) is 0 Å². The molecule has 5 heavy (non-hydrogen) atoms. The van der Waals surface area contributed by atoms with Crippen molar-refractivity contribution >= 4 is 0 Å². The normalized spacial score (nSPS) is 12.6. The average molecular weight is 78.1 g/mol. The summed E-state index contributed by atoms with van der Waals surface area (Å²) < 4.78 is 0. The van der Waals surface area contributed by atoms with Crippen molar-refractivity contribution in [2.24, 2.45) is 5.73 Å². The number of aliphatic hydroxyl groups excluding tert-OH is 1. The van der Waals surface area contributed by atoms with E-state index in [1.54, 1.807) is 0 Å². The Morgan fingerprint density at radius 2 is 1.80 bits per heavy atom. The first kappa shape index (κ1) is 8.86. The van der Waals surface area contributed by atoms with Gasteiger partial charge in [-0.25, -0.2) is 0 Å². The van der Waals surface area contributed by atoms with Gasteiger partial charge in [-0.2, -0.15) is 0 Å². The largest absolute Gasteiger partial charge is 0.379 e. The van der Waals surface area contributed by atoms with E-state index >= 15 is 0 Å². The Morgan fingerprint density at radius 1 is 1.80 bits per heavy atom. The zero-order valence-corrected chi connectivity index (χ0v) is 3.31. The molecule has 0 aliphatic carbocycles. The summed E-state index contributed by atoms with van der Waals surface area (Å²) in [6.45, 7) is 1.50. The van der Waals surface area contributed by atoms with Crippen LogP contribution in [0.25, 0.3) is 0 Å². The minimum Gasteiger partial charge on any atom is -0.379 e. The summed E-state index contributed by atoms with van der Waals surface area (Å²) in [5.41, 5.74) is 4.67. The summed E-state index contributed by atoms with van der Waals surface area (Å²) in [6, 6.07) is 0. The van der Waals surface area contributed by atoms with Crippen molar-refractivity contribution in [2.45, 2.75) is 13.2 Å². The van der Waals surface area contributed by atoms with Crippen LogP contribution in [0, 0.1) is 0 Å². The number of aliphatic hydroxyl groups is 1. The van der Waals surface area contributed by atoms with Crippen LogP contribution in [0.4, 0.5) is 0 Å². The molecule has 0 radical (unpaired) electrons. The first-order valence-corrected chi connectivity index (χ1v) is 1.17. The highest BCUT2D eigenvalue weighted by Gasteiger charge is 1.68. The zero-order chi connectivity index (χ0) is 3.58. The van der Waals surface area contributed by atoms with Crippen molar-refractivity contribution in [3.8, 4) is 0 Å². The van der Waals surface area contributed by atoms with Crippen LogP contribution >= 0.6 is 0 Å². The fourth-order valence-corrected chi connectivity index (χ4v) is 0. The Hall–Kier alpha value is -0.120. The predicted octanol–water partition coefficient (Wildman–Crippen LogP) is -0.555.